The van der Waals surface area contributed by atoms with E-state index in [1.54, 1.807) is 6.26 Å². The van der Waals surface area contributed by atoms with Crippen LogP contribution < -0.4 is 10.6 Å². The van der Waals surface area contributed by atoms with E-state index in [2.05, 4.69) is 22.5 Å². The van der Waals surface area contributed by atoms with Gasteiger partial charge < -0.3 is 20.2 Å². The van der Waals surface area contributed by atoms with Crippen LogP contribution in [0.5, 0.6) is 0 Å². The largest absolute Gasteiger partial charge is 0.469 e. The highest BCUT2D eigenvalue weighted by molar-refractivity contribution is 5.80. The quantitative estimate of drug-likeness (QED) is 0.532. The number of nitrogens with one attached hydrogen (secondary N) is 2. The van der Waals surface area contributed by atoms with Crippen molar-refractivity contribution in [2.24, 2.45) is 4.99 Å². The number of aliphatic imine (C=N–C) groups is 1. The summed E-state index contributed by atoms with van der Waals surface area (Å²) >= 11 is 0. The van der Waals surface area contributed by atoms with E-state index in [1.807, 2.05) is 12.1 Å². The molecule has 1 atom stereocenters. The molecule has 0 spiro atoms. The fourth-order valence-electron chi connectivity index (χ4n) is 2.60. The first kappa shape index (κ1) is 15.9. The molecule has 118 valence electrons. The van der Waals surface area contributed by atoms with Crippen molar-refractivity contribution in [2.75, 3.05) is 13.2 Å². The lowest BCUT2D eigenvalue weighted by Crippen LogP contribution is -2.48. The molecule has 0 aromatic carbocycles. The SMILES string of the molecule is CC[C@H](CO)NC(=NCCc1ccco1)NC1CCCC1. The van der Waals surface area contributed by atoms with Gasteiger partial charge in [-0.3, -0.25) is 4.99 Å². The van der Waals surface area contributed by atoms with Crippen molar-refractivity contribution >= 4 is 5.96 Å². The molecule has 1 saturated carbocycles. The second-order valence-electron chi connectivity index (χ2n) is 5.62. The fraction of sp³-hybridized carbons (Fsp3) is 0.688. The first-order chi connectivity index (χ1) is 10.3. The minimum absolute atomic E-state index is 0.0567. The summed E-state index contributed by atoms with van der Waals surface area (Å²) in [5.41, 5.74) is 0. The Kier molecular flexibility index (Phi) is 6.60. The smallest absolute Gasteiger partial charge is 0.191 e. The monoisotopic (exact) mass is 293 g/mol. The summed E-state index contributed by atoms with van der Waals surface area (Å²) in [6.07, 6.45) is 8.33. The summed E-state index contributed by atoms with van der Waals surface area (Å²) in [7, 11) is 0. The van der Waals surface area contributed by atoms with E-state index >= 15 is 0 Å². The maximum absolute atomic E-state index is 9.35. The molecule has 0 aliphatic heterocycles. The van der Waals surface area contributed by atoms with Crippen molar-refractivity contribution in [1.29, 1.82) is 0 Å². The molecular formula is C16H27N3O2. The zero-order valence-electron chi connectivity index (χ0n) is 12.8. The molecule has 21 heavy (non-hydrogen) atoms. The Morgan fingerprint density at radius 3 is 2.90 bits per heavy atom. The first-order valence-electron chi connectivity index (χ1n) is 8.02. The van der Waals surface area contributed by atoms with Gasteiger partial charge in [0.2, 0.25) is 0 Å². The second-order valence-corrected chi connectivity index (χ2v) is 5.62. The van der Waals surface area contributed by atoms with Crippen LogP contribution in [-0.2, 0) is 6.42 Å². The third-order valence-electron chi connectivity index (χ3n) is 3.96. The Labute approximate surface area is 126 Å². The predicted molar refractivity (Wildman–Crippen MR) is 84.4 cm³/mol. The van der Waals surface area contributed by atoms with Gasteiger partial charge in [-0.25, -0.2) is 0 Å². The van der Waals surface area contributed by atoms with E-state index in [4.69, 9.17) is 4.42 Å². The average Bonchev–Trinajstić information content (AvgIpc) is 3.17. The number of furan rings is 1. The van der Waals surface area contributed by atoms with E-state index in [0.717, 1.165) is 24.6 Å². The number of guanidine groups is 1. The Hall–Kier alpha value is -1.49. The molecule has 0 unspecified atom stereocenters. The van der Waals surface area contributed by atoms with Crippen LogP contribution in [-0.4, -0.2) is 36.3 Å². The molecule has 5 nitrogen and oxygen atoms in total. The zero-order chi connectivity index (χ0) is 14.9. The Bertz CT molecular complexity index is 401. The molecule has 1 aliphatic carbocycles. The van der Waals surface area contributed by atoms with Crippen LogP contribution in [0.25, 0.3) is 0 Å². The van der Waals surface area contributed by atoms with Crippen LogP contribution in [0.3, 0.4) is 0 Å². The number of hydrogen-bond acceptors (Lipinski definition) is 3. The lowest BCUT2D eigenvalue weighted by molar-refractivity contribution is 0.251. The van der Waals surface area contributed by atoms with Crippen LogP contribution in [0, 0.1) is 0 Å². The van der Waals surface area contributed by atoms with Gasteiger partial charge in [0.15, 0.2) is 5.96 Å². The fourth-order valence-corrected chi connectivity index (χ4v) is 2.60. The summed E-state index contributed by atoms with van der Waals surface area (Å²) in [6, 6.07) is 4.43. The maximum Gasteiger partial charge on any atom is 0.191 e. The molecule has 0 bridgehead atoms. The number of aliphatic hydroxyl groups is 1. The zero-order valence-corrected chi connectivity index (χ0v) is 12.8. The van der Waals surface area contributed by atoms with Gasteiger partial charge in [0.25, 0.3) is 0 Å². The highest BCUT2D eigenvalue weighted by Gasteiger charge is 2.17. The van der Waals surface area contributed by atoms with Crippen molar-refractivity contribution < 1.29 is 9.52 Å². The lowest BCUT2D eigenvalue weighted by Gasteiger charge is -2.21. The van der Waals surface area contributed by atoms with Gasteiger partial charge >= 0.3 is 0 Å². The summed E-state index contributed by atoms with van der Waals surface area (Å²) in [5.74, 6) is 1.77. The maximum atomic E-state index is 9.35. The normalized spacial score (nSPS) is 17.9. The Morgan fingerprint density at radius 2 is 2.29 bits per heavy atom. The van der Waals surface area contributed by atoms with Crippen LogP contribution in [0.2, 0.25) is 0 Å². The Balaban J connectivity index is 1.88. The number of nitrogens with zero attached hydrogens (tertiary/aromatic N) is 1. The van der Waals surface area contributed by atoms with Gasteiger partial charge in [-0.05, 0) is 31.4 Å². The number of rotatable bonds is 7. The molecule has 1 heterocycles. The molecule has 0 amide bonds. The van der Waals surface area contributed by atoms with Crippen molar-refractivity contribution in [2.45, 2.75) is 57.5 Å². The van der Waals surface area contributed by atoms with Crippen LogP contribution in [0.1, 0.15) is 44.8 Å². The molecular weight excluding hydrogens is 266 g/mol. The van der Waals surface area contributed by atoms with Gasteiger partial charge in [-0.15, -0.1) is 0 Å². The third kappa shape index (κ3) is 5.42. The van der Waals surface area contributed by atoms with E-state index in [-0.39, 0.29) is 12.6 Å². The van der Waals surface area contributed by atoms with Gasteiger partial charge in [0.05, 0.1) is 18.9 Å². The van der Waals surface area contributed by atoms with E-state index < -0.39 is 0 Å². The molecule has 0 saturated heterocycles. The molecule has 5 heteroatoms. The molecule has 3 N–H and O–H groups in total. The minimum atomic E-state index is 0.0567. The summed E-state index contributed by atoms with van der Waals surface area (Å²) < 4.78 is 5.32. The van der Waals surface area contributed by atoms with Crippen LogP contribution in [0.15, 0.2) is 27.8 Å². The van der Waals surface area contributed by atoms with Gasteiger partial charge in [-0.2, -0.15) is 0 Å². The van der Waals surface area contributed by atoms with Crippen molar-refractivity contribution in [3.05, 3.63) is 24.2 Å². The minimum Gasteiger partial charge on any atom is -0.469 e. The van der Waals surface area contributed by atoms with Crippen molar-refractivity contribution in [3.63, 3.8) is 0 Å². The van der Waals surface area contributed by atoms with Crippen molar-refractivity contribution in [3.8, 4) is 0 Å². The lowest BCUT2D eigenvalue weighted by atomic mass is 10.2. The van der Waals surface area contributed by atoms with Gasteiger partial charge in [0.1, 0.15) is 5.76 Å². The predicted octanol–water partition coefficient (Wildman–Crippen LogP) is 2.07. The first-order valence-corrected chi connectivity index (χ1v) is 8.02. The Morgan fingerprint density at radius 1 is 1.48 bits per heavy atom. The van der Waals surface area contributed by atoms with E-state index in [9.17, 15) is 5.11 Å². The van der Waals surface area contributed by atoms with Gasteiger partial charge in [0, 0.05) is 19.0 Å². The highest BCUT2D eigenvalue weighted by Crippen LogP contribution is 2.17. The van der Waals surface area contributed by atoms with E-state index in [0.29, 0.717) is 12.6 Å². The average molecular weight is 293 g/mol. The summed E-state index contributed by atoms with van der Waals surface area (Å²) in [4.78, 5) is 4.62. The topological polar surface area (TPSA) is 69.8 Å². The highest BCUT2D eigenvalue weighted by atomic mass is 16.3. The second kappa shape index (κ2) is 8.72. The number of hydrogen-bond donors (Lipinski definition) is 3. The summed E-state index contributed by atoms with van der Waals surface area (Å²) in [5, 5.41) is 16.2. The summed E-state index contributed by atoms with van der Waals surface area (Å²) in [6.45, 7) is 2.86. The third-order valence-corrected chi connectivity index (χ3v) is 3.96. The molecule has 1 aliphatic rings. The molecule has 0 radical (unpaired) electrons. The van der Waals surface area contributed by atoms with Crippen LogP contribution in [0.4, 0.5) is 0 Å². The van der Waals surface area contributed by atoms with Crippen molar-refractivity contribution in [1.82, 2.24) is 10.6 Å². The van der Waals surface area contributed by atoms with Gasteiger partial charge in [-0.1, -0.05) is 19.8 Å². The standard InChI is InChI=1S/C16H27N3O2/c1-2-13(12-20)18-16(19-14-6-3-4-7-14)17-10-9-15-8-5-11-21-15/h5,8,11,13-14,20H,2-4,6-7,9-10,12H2,1H3,(H2,17,18,19)/t13-/m1/s1. The molecule has 1 aromatic rings. The van der Waals surface area contributed by atoms with Crippen LogP contribution >= 0.6 is 0 Å². The van der Waals surface area contributed by atoms with E-state index in [1.165, 1.54) is 25.7 Å². The molecule has 1 aromatic heterocycles. The number of aliphatic hydroxyl groups excluding tert-OH is 1. The molecule has 2 rings (SSSR count). The molecule has 1 fully saturated rings.